The van der Waals surface area contributed by atoms with Crippen LogP contribution in [0.2, 0.25) is 0 Å². The summed E-state index contributed by atoms with van der Waals surface area (Å²) in [4.78, 5) is 4.61. The number of hydrogen-bond donors (Lipinski definition) is 1. The number of oxazole rings is 1. The zero-order chi connectivity index (χ0) is 17.7. The Balaban J connectivity index is 2.28. The molecule has 0 saturated heterocycles. The van der Waals surface area contributed by atoms with Gasteiger partial charge in [-0.3, -0.25) is 0 Å². The molecule has 24 heavy (non-hydrogen) atoms. The SMILES string of the molecule is CC(C)(C)c1cc(C(C)(C)C)c(-c2nc3ccccc3o2)cc1O. The van der Waals surface area contributed by atoms with E-state index in [0.29, 0.717) is 5.89 Å². The number of benzene rings is 2. The Morgan fingerprint density at radius 2 is 1.50 bits per heavy atom. The van der Waals surface area contributed by atoms with E-state index in [-0.39, 0.29) is 16.6 Å². The third-order valence-corrected chi connectivity index (χ3v) is 4.28. The molecule has 3 heteroatoms. The van der Waals surface area contributed by atoms with E-state index < -0.39 is 0 Å². The fourth-order valence-corrected chi connectivity index (χ4v) is 2.97. The summed E-state index contributed by atoms with van der Waals surface area (Å²) in [6, 6.07) is 11.6. The van der Waals surface area contributed by atoms with Crippen LogP contribution in [0.1, 0.15) is 52.7 Å². The Labute approximate surface area is 143 Å². The number of phenols is 1. The van der Waals surface area contributed by atoms with Crippen LogP contribution in [0.4, 0.5) is 0 Å². The predicted octanol–water partition coefficient (Wildman–Crippen LogP) is 5.80. The lowest BCUT2D eigenvalue weighted by molar-refractivity contribution is 0.444. The Hall–Kier alpha value is -2.29. The van der Waals surface area contributed by atoms with Gasteiger partial charge >= 0.3 is 0 Å². The smallest absolute Gasteiger partial charge is 0.227 e. The molecule has 0 amide bonds. The van der Waals surface area contributed by atoms with Crippen LogP contribution in [0.3, 0.4) is 0 Å². The molecule has 0 bridgehead atoms. The minimum Gasteiger partial charge on any atom is -0.508 e. The van der Waals surface area contributed by atoms with Crippen LogP contribution in [0, 0.1) is 0 Å². The first kappa shape index (κ1) is 16.6. The molecule has 0 spiro atoms. The van der Waals surface area contributed by atoms with Crippen molar-refractivity contribution in [3.05, 3.63) is 47.5 Å². The molecule has 1 N–H and O–H groups in total. The van der Waals surface area contributed by atoms with E-state index in [2.05, 4.69) is 52.6 Å². The van der Waals surface area contributed by atoms with Crippen LogP contribution in [-0.4, -0.2) is 10.1 Å². The number of aromatic hydroxyl groups is 1. The molecule has 0 radical (unpaired) electrons. The van der Waals surface area contributed by atoms with Crippen molar-refractivity contribution < 1.29 is 9.52 Å². The van der Waals surface area contributed by atoms with E-state index in [4.69, 9.17) is 4.42 Å². The molecule has 0 aliphatic carbocycles. The van der Waals surface area contributed by atoms with Gasteiger partial charge in [0.2, 0.25) is 5.89 Å². The minimum absolute atomic E-state index is 0.0936. The summed E-state index contributed by atoms with van der Waals surface area (Å²) in [5, 5.41) is 10.6. The summed E-state index contributed by atoms with van der Waals surface area (Å²) in [5.74, 6) is 0.838. The average molecular weight is 323 g/mol. The van der Waals surface area contributed by atoms with Crippen molar-refractivity contribution in [3.8, 4) is 17.2 Å². The quantitative estimate of drug-likeness (QED) is 0.616. The van der Waals surface area contributed by atoms with Crippen LogP contribution in [0.5, 0.6) is 5.75 Å². The van der Waals surface area contributed by atoms with Gasteiger partial charge in [0.1, 0.15) is 11.3 Å². The van der Waals surface area contributed by atoms with Gasteiger partial charge in [-0.1, -0.05) is 59.7 Å². The number of rotatable bonds is 1. The summed E-state index contributed by atoms with van der Waals surface area (Å²) >= 11 is 0. The number of para-hydroxylation sites is 2. The van der Waals surface area contributed by atoms with E-state index in [0.717, 1.165) is 27.8 Å². The van der Waals surface area contributed by atoms with Crippen molar-refractivity contribution in [1.29, 1.82) is 0 Å². The highest BCUT2D eigenvalue weighted by Crippen LogP contribution is 2.41. The first-order chi connectivity index (χ1) is 11.1. The lowest BCUT2D eigenvalue weighted by atomic mass is 9.78. The summed E-state index contributed by atoms with van der Waals surface area (Å²) in [5.41, 5.74) is 4.26. The topological polar surface area (TPSA) is 46.3 Å². The number of hydrogen-bond acceptors (Lipinski definition) is 3. The molecule has 2 aromatic carbocycles. The van der Waals surface area contributed by atoms with Crippen LogP contribution >= 0.6 is 0 Å². The van der Waals surface area contributed by atoms with Gasteiger partial charge in [-0.25, -0.2) is 4.98 Å². The van der Waals surface area contributed by atoms with Crippen molar-refractivity contribution in [2.24, 2.45) is 0 Å². The van der Waals surface area contributed by atoms with E-state index in [9.17, 15) is 5.11 Å². The Morgan fingerprint density at radius 1 is 0.875 bits per heavy atom. The van der Waals surface area contributed by atoms with Crippen LogP contribution in [0.15, 0.2) is 40.8 Å². The maximum absolute atomic E-state index is 10.6. The molecule has 1 aromatic heterocycles. The van der Waals surface area contributed by atoms with Gasteiger partial charge < -0.3 is 9.52 Å². The summed E-state index contributed by atoms with van der Waals surface area (Å²) < 4.78 is 5.95. The van der Waals surface area contributed by atoms with Crippen molar-refractivity contribution in [3.63, 3.8) is 0 Å². The molecule has 3 rings (SSSR count). The molecule has 0 unspecified atom stereocenters. The molecule has 126 valence electrons. The lowest BCUT2D eigenvalue weighted by Crippen LogP contribution is -2.17. The first-order valence-corrected chi connectivity index (χ1v) is 8.31. The van der Waals surface area contributed by atoms with Gasteiger partial charge in [0.25, 0.3) is 0 Å². The van der Waals surface area contributed by atoms with E-state index in [1.807, 2.05) is 24.3 Å². The fraction of sp³-hybridized carbons (Fsp3) is 0.381. The van der Waals surface area contributed by atoms with Crippen molar-refractivity contribution >= 4 is 11.1 Å². The fourth-order valence-electron chi connectivity index (χ4n) is 2.97. The number of fused-ring (bicyclic) bond motifs is 1. The molecule has 3 aromatic rings. The molecule has 0 fully saturated rings. The molecule has 0 atom stereocenters. The second-order valence-corrected chi connectivity index (χ2v) is 8.40. The molecular weight excluding hydrogens is 298 g/mol. The first-order valence-electron chi connectivity index (χ1n) is 8.31. The largest absolute Gasteiger partial charge is 0.508 e. The number of phenolic OH excluding ortho intramolecular Hbond substituents is 1. The second-order valence-electron chi connectivity index (χ2n) is 8.40. The maximum atomic E-state index is 10.6. The zero-order valence-electron chi connectivity index (χ0n) is 15.3. The van der Waals surface area contributed by atoms with Gasteiger partial charge in [-0.2, -0.15) is 0 Å². The number of aromatic nitrogens is 1. The predicted molar refractivity (Wildman–Crippen MR) is 98.5 cm³/mol. The van der Waals surface area contributed by atoms with Crippen molar-refractivity contribution in [2.75, 3.05) is 0 Å². The highest BCUT2D eigenvalue weighted by atomic mass is 16.3. The standard InChI is InChI=1S/C21H25NO2/c1-20(2,3)14-12-15(21(4,5)6)17(23)11-13(14)19-22-16-9-7-8-10-18(16)24-19/h7-12,23H,1-6H3. The van der Waals surface area contributed by atoms with Crippen molar-refractivity contribution in [2.45, 2.75) is 52.4 Å². The highest BCUT2D eigenvalue weighted by Gasteiger charge is 2.27. The van der Waals surface area contributed by atoms with Gasteiger partial charge in [-0.15, -0.1) is 0 Å². The van der Waals surface area contributed by atoms with Gasteiger partial charge in [0.05, 0.1) is 0 Å². The van der Waals surface area contributed by atoms with E-state index >= 15 is 0 Å². The highest BCUT2D eigenvalue weighted by molar-refractivity contribution is 5.77. The molecule has 0 aliphatic rings. The summed E-state index contributed by atoms with van der Waals surface area (Å²) in [6.45, 7) is 12.8. The van der Waals surface area contributed by atoms with Crippen LogP contribution in [0.25, 0.3) is 22.6 Å². The Morgan fingerprint density at radius 3 is 2.08 bits per heavy atom. The maximum Gasteiger partial charge on any atom is 0.227 e. The summed E-state index contributed by atoms with van der Waals surface area (Å²) in [7, 11) is 0. The van der Waals surface area contributed by atoms with E-state index in [1.54, 1.807) is 6.07 Å². The minimum atomic E-state index is -0.135. The molecular formula is C21H25NO2. The third-order valence-electron chi connectivity index (χ3n) is 4.28. The van der Waals surface area contributed by atoms with Crippen LogP contribution < -0.4 is 0 Å². The van der Waals surface area contributed by atoms with Gasteiger partial charge in [0.15, 0.2) is 5.58 Å². The van der Waals surface area contributed by atoms with Gasteiger partial charge in [-0.05, 0) is 40.2 Å². The molecule has 0 saturated carbocycles. The normalized spacial score (nSPS) is 12.8. The van der Waals surface area contributed by atoms with Crippen molar-refractivity contribution in [1.82, 2.24) is 4.98 Å². The number of nitrogens with zero attached hydrogens (tertiary/aromatic N) is 1. The van der Waals surface area contributed by atoms with Gasteiger partial charge in [0, 0.05) is 5.56 Å². The second kappa shape index (κ2) is 5.37. The Bertz CT molecular complexity index is 859. The molecule has 0 aliphatic heterocycles. The Kier molecular flexibility index (Phi) is 3.71. The summed E-state index contributed by atoms with van der Waals surface area (Å²) in [6.07, 6.45) is 0. The van der Waals surface area contributed by atoms with Crippen LogP contribution in [-0.2, 0) is 10.8 Å². The third kappa shape index (κ3) is 2.91. The monoisotopic (exact) mass is 323 g/mol. The van der Waals surface area contributed by atoms with E-state index in [1.165, 1.54) is 0 Å². The molecule has 3 nitrogen and oxygen atoms in total. The molecule has 1 heterocycles. The zero-order valence-corrected chi connectivity index (χ0v) is 15.3. The lowest BCUT2D eigenvalue weighted by Gasteiger charge is -2.27. The average Bonchev–Trinajstić information content (AvgIpc) is 2.88.